The maximum Gasteiger partial charge on any atom is 0.135 e. The Kier molecular flexibility index (Phi) is 3.40. The summed E-state index contributed by atoms with van der Waals surface area (Å²) in [6.07, 6.45) is 0.343. The predicted octanol–water partition coefficient (Wildman–Crippen LogP) is 2.57. The molecule has 0 aromatic heterocycles. The summed E-state index contributed by atoms with van der Waals surface area (Å²) in [5, 5.41) is 8.71. The molecule has 4 heteroatoms. The average Bonchev–Trinajstić information content (AvgIpc) is 2.19. The molecule has 0 aliphatic heterocycles. The second kappa shape index (κ2) is 4.56. The molecule has 0 atom stereocenters. The van der Waals surface area contributed by atoms with Crippen LogP contribution in [0.15, 0.2) is 23.8 Å². The lowest BCUT2D eigenvalue weighted by Crippen LogP contribution is -2.05. The molecule has 0 unspecified atom stereocenters. The number of rotatable bonds is 2. The van der Waals surface area contributed by atoms with Crippen molar-refractivity contribution < 1.29 is 8.78 Å². The first kappa shape index (κ1) is 11.2. The minimum atomic E-state index is -0.756. The van der Waals surface area contributed by atoms with Crippen molar-refractivity contribution >= 4 is 5.70 Å². The van der Waals surface area contributed by atoms with Gasteiger partial charge in [0.1, 0.15) is 11.6 Å². The first-order valence-electron chi connectivity index (χ1n) is 4.44. The van der Waals surface area contributed by atoms with E-state index in [2.05, 4.69) is 0 Å². The molecule has 0 spiro atoms. The summed E-state index contributed by atoms with van der Waals surface area (Å²) >= 11 is 0. The lowest BCUT2D eigenvalue weighted by Gasteiger charge is -2.06. The van der Waals surface area contributed by atoms with Gasteiger partial charge in [0.05, 0.1) is 22.9 Å². The van der Waals surface area contributed by atoms with Crippen LogP contribution >= 0.6 is 0 Å². The van der Waals surface area contributed by atoms with E-state index in [0.717, 1.165) is 12.1 Å². The molecule has 0 saturated heterocycles. The third kappa shape index (κ3) is 2.13. The number of allylic oxidation sites excluding steroid dienone is 1. The van der Waals surface area contributed by atoms with Crippen molar-refractivity contribution in [2.75, 3.05) is 0 Å². The van der Waals surface area contributed by atoms with Gasteiger partial charge in [-0.25, -0.2) is 8.78 Å². The Labute approximate surface area is 86.6 Å². The van der Waals surface area contributed by atoms with Crippen molar-refractivity contribution in [1.82, 2.24) is 0 Å². The molecule has 2 nitrogen and oxygen atoms in total. The zero-order valence-corrected chi connectivity index (χ0v) is 8.22. The van der Waals surface area contributed by atoms with E-state index in [0.29, 0.717) is 6.42 Å². The molecule has 0 aliphatic carbocycles. The van der Waals surface area contributed by atoms with Crippen molar-refractivity contribution in [3.05, 3.63) is 41.0 Å². The van der Waals surface area contributed by atoms with E-state index in [4.69, 9.17) is 11.0 Å². The quantitative estimate of drug-likeness (QED) is 0.759. The van der Waals surface area contributed by atoms with E-state index in [1.807, 2.05) is 6.07 Å². The Morgan fingerprint density at radius 2 is 1.93 bits per heavy atom. The van der Waals surface area contributed by atoms with Gasteiger partial charge in [0.25, 0.3) is 0 Å². The van der Waals surface area contributed by atoms with Gasteiger partial charge in [-0.1, -0.05) is 13.0 Å². The van der Waals surface area contributed by atoms with Crippen LogP contribution in [0, 0.1) is 23.0 Å². The van der Waals surface area contributed by atoms with Gasteiger partial charge in [-0.2, -0.15) is 5.26 Å². The summed E-state index contributed by atoms with van der Waals surface area (Å²) in [5.74, 6) is -1.51. The van der Waals surface area contributed by atoms with E-state index in [1.165, 1.54) is 6.07 Å². The van der Waals surface area contributed by atoms with Crippen LogP contribution < -0.4 is 5.73 Å². The normalized spacial score (nSPS) is 11.9. The first-order valence-corrected chi connectivity index (χ1v) is 4.44. The Morgan fingerprint density at radius 3 is 2.33 bits per heavy atom. The van der Waals surface area contributed by atoms with Crippen molar-refractivity contribution in [1.29, 1.82) is 5.26 Å². The largest absolute Gasteiger partial charge is 0.397 e. The average molecular weight is 208 g/mol. The van der Waals surface area contributed by atoms with Gasteiger partial charge in [0.2, 0.25) is 0 Å². The molecule has 0 amide bonds. The molecular weight excluding hydrogens is 198 g/mol. The van der Waals surface area contributed by atoms with Crippen LogP contribution in [0.1, 0.15) is 18.9 Å². The molecular formula is C11H10F2N2. The molecule has 78 valence electrons. The zero-order valence-electron chi connectivity index (χ0n) is 8.22. The van der Waals surface area contributed by atoms with Crippen molar-refractivity contribution in [3.63, 3.8) is 0 Å². The molecule has 1 aromatic carbocycles. The van der Waals surface area contributed by atoms with Crippen LogP contribution in [0.3, 0.4) is 0 Å². The standard InChI is InChI=1S/C11H10F2N2/c1-2-7(6-14)11(15)10-8(12)4-3-5-9(10)13/h3-5H,2,15H2,1H3/b11-7-. The lowest BCUT2D eigenvalue weighted by atomic mass is 10.0. The minimum absolute atomic E-state index is 0.129. The van der Waals surface area contributed by atoms with Crippen molar-refractivity contribution in [2.45, 2.75) is 13.3 Å². The van der Waals surface area contributed by atoms with Crippen LogP contribution in [0.25, 0.3) is 5.70 Å². The van der Waals surface area contributed by atoms with Gasteiger partial charge < -0.3 is 5.73 Å². The number of nitrogens with two attached hydrogens (primary N) is 1. The van der Waals surface area contributed by atoms with Crippen molar-refractivity contribution in [2.24, 2.45) is 5.73 Å². The monoisotopic (exact) mass is 208 g/mol. The molecule has 0 radical (unpaired) electrons. The van der Waals surface area contributed by atoms with E-state index < -0.39 is 11.6 Å². The summed E-state index contributed by atoms with van der Waals surface area (Å²) in [7, 11) is 0. The van der Waals surface area contributed by atoms with Gasteiger partial charge in [-0.05, 0) is 18.6 Å². The minimum Gasteiger partial charge on any atom is -0.397 e. The Balaban J connectivity index is 3.41. The Bertz CT molecular complexity index is 424. The number of hydrogen-bond acceptors (Lipinski definition) is 2. The van der Waals surface area contributed by atoms with Gasteiger partial charge in [0.15, 0.2) is 0 Å². The maximum absolute atomic E-state index is 13.3. The summed E-state index contributed by atoms with van der Waals surface area (Å²) in [6.45, 7) is 1.70. The molecule has 0 heterocycles. The number of hydrogen-bond donors (Lipinski definition) is 1. The van der Waals surface area contributed by atoms with E-state index in [9.17, 15) is 8.78 Å². The van der Waals surface area contributed by atoms with Crippen LogP contribution in [-0.2, 0) is 0 Å². The van der Waals surface area contributed by atoms with Crippen LogP contribution in [-0.4, -0.2) is 0 Å². The number of halogens is 2. The first-order chi connectivity index (χ1) is 7.11. The molecule has 1 aromatic rings. The smallest absolute Gasteiger partial charge is 0.135 e. The van der Waals surface area contributed by atoms with E-state index in [1.54, 1.807) is 6.92 Å². The highest BCUT2D eigenvalue weighted by Crippen LogP contribution is 2.21. The van der Waals surface area contributed by atoms with Crippen LogP contribution in [0.2, 0.25) is 0 Å². The van der Waals surface area contributed by atoms with Gasteiger partial charge in [-0.15, -0.1) is 0 Å². The number of nitriles is 1. The van der Waals surface area contributed by atoms with Crippen LogP contribution in [0.5, 0.6) is 0 Å². The molecule has 15 heavy (non-hydrogen) atoms. The highest BCUT2D eigenvalue weighted by molar-refractivity contribution is 5.69. The highest BCUT2D eigenvalue weighted by Gasteiger charge is 2.13. The SMILES string of the molecule is CC/C(C#N)=C(/N)c1c(F)cccc1F. The summed E-state index contributed by atoms with van der Waals surface area (Å²) < 4.78 is 26.5. The van der Waals surface area contributed by atoms with Crippen LogP contribution in [0.4, 0.5) is 8.78 Å². The van der Waals surface area contributed by atoms with Gasteiger partial charge in [-0.3, -0.25) is 0 Å². The second-order valence-electron chi connectivity index (χ2n) is 2.95. The van der Waals surface area contributed by atoms with Gasteiger partial charge in [0, 0.05) is 0 Å². The van der Waals surface area contributed by atoms with E-state index >= 15 is 0 Å². The summed E-state index contributed by atoms with van der Waals surface area (Å²) in [5.41, 5.74) is 5.27. The molecule has 2 N–H and O–H groups in total. The van der Waals surface area contributed by atoms with Gasteiger partial charge >= 0.3 is 0 Å². The second-order valence-corrected chi connectivity index (χ2v) is 2.95. The molecule has 0 saturated carbocycles. The Hall–Kier alpha value is -1.89. The molecule has 1 rings (SSSR count). The zero-order chi connectivity index (χ0) is 11.4. The third-order valence-electron chi connectivity index (χ3n) is 2.05. The fraction of sp³-hybridized carbons (Fsp3) is 0.182. The molecule has 0 fully saturated rings. The van der Waals surface area contributed by atoms with Crippen molar-refractivity contribution in [3.8, 4) is 6.07 Å². The lowest BCUT2D eigenvalue weighted by molar-refractivity contribution is 0.576. The molecule has 0 bridgehead atoms. The number of nitrogens with zero attached hydrogens (tertiary/aromatic N) is 1. The summed E-state index contributed by atoms with van der Waals surface area (Å²) in [6, 6.07) is 5.29. The fourth-order valence-electron chi connectivity index (χ4n) is 1.24. The Morgan fingerprint density at radius 1 is 1.40 bits per heavy atom. The number of benzene rings is 1. The maximum atomic E-state index is 13.3. The molecule has 0 aliphatic rings. The topological polar surface area (TPSA) is 49.8 Å². The highest BCUT2D eigenvalue weighted by atomic mass is 19.1. The van der Waals surface area contributed by atoms with E-state index in [-0.39, 0.29) is 16.8 Å². The predicted molar refractivity (Wildman–Crippen MR) is 53.4 cm³/mol. The summed E-state index contributed by atoms with van der Waals surface area (Å²) in [4.78, 5) is 0. The third-order valence-corrected chi connectivity index (χ3v) is 2.05. The fourth-order valence-corrected chi connectivity index (χ4v) is 1.24.